The second-order valence-electron chi connectivity index (χ2n) is 4.45. The summed E-state index contributed by atoms with van der Waals surface area (Å²) in [4.78, 5) is 32.3. The molecule has 0 saturated heterocycles. The van der Waals surface area contributed by atoms with E-state index in [1.54, 1.807) is 0 Å². The van der Waals surface area contributed by atoms with E-state index in [1.807, 2.05) is 0 Å². The van der Waals surface area contributed by atoms with Crippen LogP contribution in [0.4, 0.5) is 17.1 Å². The predicted octanol–water partition coefficient (Wildman–Crippen LogP) is 4.72. The minimum Gasteiger partial charge on any atom is -0.322 e. The lowest BCUT2D eigenvalue weighted by atomic mass is 10.1. The normalized spacial score (nSPS) is 10.3. The highest BCUT2D eigenvalue weighted by molar-refractivity contribution is 6.35. The molecule has 2 aromatic carbocycles. The van der Waals surface area contributed by atoms with Crippen LogP contribution in [0.25, 0.3) is 0 Å². The van der Waals surface area contributed by atoms with Gasteiger partial charge in [0.25, 0.3) is 17.3 Å². The summed E-state index contributed by atoms with van der Waals surface area (Å²) in [6.07, 6.45) is 0. The van der Waals surface area contributed by atoms with E-state index in [0.717, 1.165) is 12.1 Å². The Hall–Kier alpha value is -2.42. The van der Waals surface area contributed by atoms with Gasteiger partial charge in [-0.05, 0) is 18.2 Å². The summed E-state index contributed by atoms with van der Waals surface area (Å²) in [5.41, 5.74) is -1.59. The van der Waals surface area contributed by atoms with Crippen LogP contribution >= 0.6 is 34.8 Å². The van der Waals surface area contributed by atoms with Crippen LogP contribution < -0.4 is 5.32 Å². The SMILES string of the molecule is O=C(Nc1cc(Cl)cc(Cl)c1)c1cc([N+](=O)[O-])c(Cl)c([N+](=O)[O-])c1. The van der Waals surface area contributed by atoms with Crippen molar-refractivity contribution < 1.29 is 14.6 Å². The maximum atomic E-state index is 12.2. The van der Waals surface area contributed by atoms with E-state index in [1.165, 1.54) is 18.2 Å². The molecule has 8 nitrogen and oxygen atoms in total. The number of carbonyl (C=O) groups is 1. The molecule has 0 aliphatic heterocycles. The summed E-state index contributed by atoms with van der Waals surface area (Å²) in [6.45, 7) is 0. The van der Waals surface area contributed by atoms with Crippen molar-refractivity contribution in [2.75, 3.05) is 5.32 Å². The van der Waals surface area contributed by atoms with Gasteiger partial charge in [0, 0.05) is 27.9 Å². The van der Waals surface area contributed by atoms with Crippen molar-refractivity contribution in [1.29, 1.82) is 0 Å². The number of hydrogen-bond acceptors (Lipinski definition) is 5. The number of benzene rings is 2. The Morgan fingerprint density at radius 3 is 1.75 bits per heavy atom. The zero-order valence-corrected chi connectivity index (χ0v) is 13.7. The Morgan fingerprint density at radius 2 is 1.33 bits per heavy atom. The number of hydrogen-bond donors (Lipinski definition) is 1. The van der Waals surface area contributed by atoms with Gasteiger partial charge in [0.15, 0.2) is 5.02 Å². The molecule has 11 heteroatoms. The van der Waals surface area contributed by atoms with Gasteiger partial charge in [0.05, 0.1) is 15.4 Å². The molecule has 1 N–H and O–H groups in total. The van der Waals surface area contributed by atoms with Gasteiger partial charge in [-0.25, -0.2) is 0 Å². The topological polar surface area (TPSA) is 115 Å². The third-order valence-corrected chi connectivity index (χ3v) is 3.63. The Bertz CT molecular complexity index is 817. The molecule has 0 aliphatic rings. The first-order valence-electron chi connectivity index (χ1n) is 6.09. The Kier molecular flexibility index (Phi) is 5.23. The summed E-state index contributed by atoms with van der Waals surface area (Å²) in [7, 11) is 0. The van der Waals surface area contributed by atoms with Crippen LogP contribution in [0.3, 0.4) is 0 Å². The molecule has 0 unspecified atom stereocenters. The smallest absolute Gasteiger partial charge is 0.295 e. The fourth-order valence-electron chi connectivity index (χ4n) is 1.82. The van der Waals surface area contributed by atoms with Crippen LogP contribution in [-0.4, -0.2) is 15.8 Å². The summed E-state index contributed by atoms with van der Waals surface area (Å²) >= 11 is 17.2. The predicted molar refractivity (Wildman–Crippen MR) is 89.2 cm³/mol. The van der Waals surface area contributed by atoms with Crippen molar-refractivity contribution in [1.82, 2.24) is 0 Å². The highest BCUT2D eigenvalue weighted by Crippen LogP contribution is 2.35. The Morgan fingerprint density at radius 1 is 0.875 bits per heavy atom. The van der Waals surface area contributed by atoms with Crippen molar-refractivity contribution in [3.8, 4) is 0 Å². The summed E-state index contributed by atoms with van der Waals surface area (Å²) in [5.74, 6) is -0.823. The maximum Gasteiger partial charge on any atom is 0.295 e. The highest BCUT2D eigenvalue weighted by Gasteiger charge is 2.27. The molecular weight excluding hydrogens is 385 g/mol. The largest absolute Gasteiger partial charge is 0.322 e. The Balaban J connectivity index is 2.45. The summed E-state index contributed by atoms with van der Waals surface area (Å²) < 4.78 is 0. The van der Waals surface area contributed by atoms with E-state index < -0.39 is 32.2 Å². The molecule has 0 heterocycles. The van der Waals surface area contributed by atoms with Gasteiger partial charge in [0.2, 0.25) is 0 Å². The van der Waals surface area contributed by atoms with Gasteiger partial charge in [-0.15, -0.1) is 0 Å². The van der Waals surface area contributed by atoms with E-state index >= 15 is 0 Å². The average Bonchev–Trinajstić information content (AvgIpc) is 2.45. The van der Waals surface area contributed by atoms with E-state index in [2.05, 4.69) is 5.32 Å². The van der Waals surface area contributed by atoms with Crippen molar-refractivity contribution in [2.45, 2.75) is 0 Å². The number of halogens is 3. The second kappa shape index (κ2) is 7.00. The molecule has 0 atom stereocenters. The molecule has 0 fully saturated rings. The molecule has 0 saturated carbocycles. The van der Waals surface area contributed by atoms with Gasteiger partial charge < -0.3 is 5.32 Å². The van der Waals surface area contributed by atoms with Crippen LogP contribution in [0.15, 0.2) is 30.3 Å². The van der Waals surface area contributed by atoms with Gasteiger partial charge >= 0.3 is 0 Å². The number of nitrogens with one attached hydrogen (secondary N) is 1. The van der Waals surface area contributed by atoms with Gasteiger partial charge in [0.1, 0.15) is 0 Å². The molecule has 24 heavy (non-hydrogen) atoms. The fraction of sp³-hybridized carbons (Fsp3) is 0. The number of carbonyl (C=O) groups excluding carboxylic acids is 1. The number of rotatable bonds is 4. The van der Waals surface area contributed by atoms with Gasteiger partial charge in [-0.2, -0.15) is 0 Å². The van der Waals surface area contributed by atoms with E-state index in [9.17, 15) is 25.0 Å². The van der Waals surface area contributed by atoms with Crippen LogP contribution in [0.2, 0.25) is 15.1 Å². The molecule has 124 valence electrons. The molecular formula is C13H6Cl3N3O5. The minimum absolute atomic E-state index is 0.220. The molecule has 0 spiro atoms. The lowest BCUT2D eigenvalue weighted by molar-refractivity contribution is -0.393. The van der Waals surface area contributed by atoms with Crippen molar-refractivity contribution >= 4 is 57.8 Å². The van der Waals surface area contributed by atoms with E-state index in [-0.39, 0.29) is 21.3 Å². The lowest BCUT2D eigenvalue weighted by Crippen LogP contribution is -2.13. The monoisotopic (exact) mass is 389 g/mol. The quantitative estimate of drug-likeness (QED) is 0.599. The summed E-state index contributed by atoms with van der Waals surface area (Å²) in [5, 5.41) is 24.1. The maximum absolute atomic E-state index is 12.2. The molecule has 2 aromatic rings. The van der Waals surface area contributed by atoms with Crippen molar-refractivity contribution in [3.63, 3.8) is 0 Å². The van der Waals surface area contributed by atoms with Gasteiger partial charge in [-0.1, -0.05) is 34.8 Å². The molecule has 0 radical (unpaired) electrons. The second-order valence-corrected chi connectivity index (χ2v) is 5.71. The van der Waals surface area contributed by atoms with Crippen molar-refractivity contribution in [2.24, 2.45) is 0 Å². The standard InChI is InChI=1S/C13H6Cl3N3O5/c14-7-3-8(15)5-9(4-7)17-13(20)6-1-10(18(21)22)12(16)11(2-6)19(23)24/h1-5H,(H,17,20). The number of nitro groups is 2. The van der Waals surface area contributed by atoms with Crippen LogP contribution in [0.5, 0.6) is 0 Å². The van der Waals surface area contributed by atoms with Crippen molar-refractivity contribution in [3.05, 3.63) is 71.2 Å². The zero-order chi connectivity index (χ0) is 18.0. The third-order valence-electron chi connectivity index (χ3n) is 2.81. The average molecular weight is 391 g/mol. The number of amides is 1. The minimum atomic E-state index is -0.914. The molecule has 1 amide bonds. The van der Waals surface area contributed by atoms with Crippen LogP contribution in [0, 0.1) is 20.2 Å². The molecule has 2 rings (SSSR count). The Labute approximate surface area is 149 Å². The van der Waals surface area contributed by atoms with Gasteiger partial charge in [-0.3, -0.25) is 25.0 Å². The number of nitro benzene ring substituents is 2. The first-order chi connectivity index (χ1) is 11.2. The van der Waals surface area contributed by atoms with E-state index in [0.29, 0.717) is 0 Å². The summed E-state index contributed by atoms with van der Waals surface area (Å²) in [6, 6.07) is 5.92. The fourth-order valence-corrected chi connectivity index (χ4v) is 2.59. The molecule has 0 aliphatic carbocycles. The number of anilines is 1. The first kappa shape index (κ1) is 17.9. The van der Waals surface area contributed by atoms with Crippen LogP contribution in [-0.2, 0) is 0 Å². The van der Waals surface area contributed by atoms with E-state index in [4.69, 9.17) is 34.8 Å². The highest BCUT2D eigenvalue weighted by atomic mass is 35.5. The lowest BCUT2D eigenvalue weighted by Gasteiger charge is -2.07. The number of nitrogens with zero attached hydrogens (tertiary/aromatic N) is 2. The first-order valence-corrected chi connectivity index (χ1v) is 7.22. The third kappa shape index (κ3) is 3.91. The van der Waals surface area contributed by atoms with Crippen LogP contribution in [0.1, 0.15) is 10.4 Å². The molecule has 0 bridgehead atoms. The zero-order valence-electron chi connectivity index (χ0n) is 11.5. The molecule has 0 aromatic heterocycles.